The number of ketones is 1. The molecular weight excluding hydrogens is 346 g/mol. The molecule has 0 saturated carbocycles. The Bertz CT molecular complexity index is 1120. The van der Waals surface area contributed by atoms with Gasteiger partial charge in [0.25, 0.3) is 0 Å². The van der Waals surface area contributed by atoms with E-state index in [0.29, 0.717) is 34.5 Å². The second kappa shape index (κ2) is 6.86. The maximum absolute atomic E-state index is 12.5. The number of benzene rings is 1. The second-order valence-electron chi connectivity index (χ2n) is 6.82. The summed E-state index contributed by atoms with van der Waals surface area (Å²) in [7, 11) is 0. The number of nitrogens with one attached hydrogen (secondary N) is 3. The molecule has 3 aromatic rings. The van der Waals surface area contributed by atoms with E-state index in [9.17, 15) is 14.4 Å². The van der Waals surface area contributed by atoms with Crippen molar-refractivity contribution < 1.29 is 9.59 Å². The van der Waals surface area contributed by atoms with Crippen molar-refractivity contribution >= 4 is 28.4 Å². The third-order valence-corrected chi connectivity index (χ3v) is 4.88. The monoisotopic (exact) mass is 369 g/mol. The molecule has 0 fully saturated rings. The number of Topliss-reactive ketones (excluding diaryl/α,β-unsaturated/α-hetero) is 1. The molecule has 8 heteroatoms. The zero-order chi connectivity index (χ0) is 19.9. The van der Waals surface area contributed by atoms with Crippen molar-refractivity contribution in [3.05, 3.63) is 44.6 Å². The number of imidazole rings is 1. The van der Waals surface area contributed by atoms with Crippen molar-refractivity contribution in [2.45, 2.75) is 47.6 Å². The smallest absolute Gasteiger partial charge is 0.323 e. The lowest BCUT2D eigenvalue weighted by Gasteiger charge is -2.12. The molecule has 2 heterocycles. The fraction of sp³-hybridized carbons (Fsp3) is 0.368. The quantitative estimate of drug-likeness (QED) is 0.600. The summed E-state index contributed by atoms with van der Waals surface area (Å²) in [6, 6.07) is 1.87. The molecule has 142 valence electrons. The molecule has 2 aromatic heterocycles. The van der Waals surface area contributed by atoms with Crippen LogP contribution in [0.4, 0.5) is 5.69 Å². The van der Waals surface area contributed by atoms with Crippen molar-refractivity contribution in [1.29, 1.82) is 0 Å². The largest absolute Gasteiger partial charge is 0.324 e. The number of hydrogen-bond acceptors (Lipinski definition) is 4. The van der Waals surface area contributed by atoms with Crippen LogP contribution in [0.25, 0.3) is 11.0 Å². The first kappa shape index (κ1) is 18.6. The van der Waals surface area contributed by atoms with E-state index in [-0.39, 0.29) is 23.8 Å². The van der Waals surface area contributed by atoms with Crippen LogP contribution in [0.3, 0.4) is 0 Å². The number of amides is 1. The van der Waals surface area contributed by atoms with Gasteiger partial charge in [0.15, 0.2) is 5.78 Å². The maximum atomic E-state index is 12.5. The third-order valence-electron chi connectivity index (χ3n) is 4.88. The summed E-state index contributed by atoms with van der Waals surface area (Å²) >= 11 is 0. The number of aryl methyl sites for hydroxylation is 3. The van der Waals surface area contributed by atoms with Gasteiger partial charge >= 0.3 is 5.69 Å². The molecule has 0 spiro atoms. The van der Waals surface area contributed by atoms with Crippen LogP contribution in [0.5, 0.6) is 0 Å². The van der Waals surface area contributed by atoms with Crippen molar-refractivity contribution in [3.8, 4) is 0 Å². The Morgan fingerprint density at radius 1 is 1.19 bits per heavy atom. The number of aromatic nitrogens is 4. The van der Waals surface area contributed by atoms with E-state index in [2.05, 4.69) is 20.4 Å². The van der Waals surface area contributed by atoms with E-state index in [4.69, 9.17) is 0 Å². The number of carbonyl (C=O) groups is 2. The highest BCUT2D eigenvalue weighted by Crippen LogP contribution is 2.27. The molecule has 0 unspecified atom stereocenters. The average Bonchev–Trinajstić information content (AvgIpc) is 3.08. The summed E-state index contributed by atoms with van der Waals surface area (Å²) in [6.07, 6.45) is 0.197. The molecule has 0 bridgehead atoms. The molecule has 3 N–H and O–H groups in total. The molecule has 0 aliphatic rings. The van der Waals surface area contributed by atoms with E-state index in [1.54, 1.807) is 11.6 Å². The highest BCUT2D eigenvalue weighted by Gasteiger charge is 2.17. The first-order chi connectivity index (χ1) is 12.7. The Morgan fingerprint density at radius 2 is 1.89 bits per heavy atom. The van der Waals surface area contributed by atoms with E-state index < -0.39 is 0 Å². The van der Waals surface area contributed by atoms with Crippen LogP contribution in [0.2, 0.25) is 0 Å². The maximum Gasteiger partial charge on any atom is 0.323 e. The van der Waals surface area contributed by atoms with Crippen LogP contribution in [-0.2, 0) is 11.3 Å². The van der Waals surface area contributed by atoms with Gasteiger partial charge in [-0.2, -0.15) is 5.10 Å². The standard InChI is InChI=1S/C19H23N5O3/c1-9-8-14-18(22-19(27)20-14)17(10(9)2)21-15(26)6-7-24-12(4)16(13(5)25)11(3)23-24/h8H,6-7H2,1-5H3,(H,21,26)(H2,20,22,27). The molecule has 8 nitrogen and oxygen atoms in total. The van der Waals surface area contributed by atoms with Gasteiger partial charge in [-0.05, 0) is 51.8 Å². The van der Waals surface area contributed by atoms with Crippen molar-refractivity contribution in [1.82, 2.24) is 19.7 Å². The lowest BCUT2D eigenvalue weighted by atomic mass is 10.1. The van der Waals surface area contributed by atoms with Crippen LogP contribution in [0.15, 0.2) is 10.9 Å². The summed E-state index contributed by atoms with van der Waals surface area (Å²) in [5, 5.41) is 7.26. The first-order valence-electron chi connectivity index (χ1n) is 8.76. The van der Waals surface area contributed by atoms with Crippen molar-refractivity contribution in [2.75, 3.05) is 5.32 Å². The molecule has 0 aliphatic heterocycles. The molecule has 0 aliphatic carbocycles. The summed E-state index contributed by atoms with van der Waals surface area (Å²) in [5.74, 6) is -0.223. The molecule has 1 aromatic carbocycles. The third kappa shape index (κ3) is 3.42. The van der Waals surface area contributed by atoms with Crippen molar-refractivity contribution in [3.63, 3.8) is 0 Å². The van der Waals surface area contributed by atoms with Gasteiger partial charge in [-0.25, -0.2) is 4.79 Å². The fourth-order valence-corrected chi connectivity index (χ4v) is 3.40. The number of nitrogens with zero attached hydrogens (tertiary/aromatic N) is 2. The minimum Gasteiger partial charge on any atom is -0.324 e. The molecule has 1 amide bonds. The van der Waals surface area contributed by atoms with E-state index >= 15 is 0 Å². The number of rotatable bonds is 5. The Kier molecular flexibility index (Phi) is 4.73. The molecule has 0 saturated heterocycles. The van der Waals surface area contributed by atoms with E-state index in [1.807, 2.05) is 26.8 Å². The molecule has 0 radical (unpaired) electrons. The number of fused-ring (bicyclic) bond motifs is 1. The van der Waals surface area contributed by atoms with E-state index in [1.165, 1.54) is 6.92 Å². The average molecular weight is 369 g/mol. The number of aromatic amines is 2. The number of hydrogen-bond donors (Lipinski definition) is 3. The van der Waals surface area contributed by atoms with Crippen LogP contribution in [0, 0.1) is 27.7 Å². The lowest BCUT2D eigenvalue weighted by molar-refractivity contribution is -0.116. The summed E-state index contributed by atoms with van der Waals surface area (Å²) < 4.78 is 1.68. The predicted octanol–water partition coefficient (Wildman–Crippen LogP) is 2.52. The molecule has 0 atom stereocenters. The first-order valence-corrected chi connectivity index (χ1v) is 8.76. The second-order valence-corrected chi connectivity index (χ2v) is 6.82. The zero-order valence-corrected chi connectivity index (χ0v) is 16.1. The summed E-state index contributed by atoms with van der Waals surface area (Å²) in [5.41, 5.74) is 5.43. The minimum absolute atomic E-state index is 0.0325. The molecule has 27 heavy (non-hydrogen) atoms. The summed E-state index contributed by atoms with van der Waals surface area (Å²) in [4.78, 5) is 41.3. The molecule has 3 rings (SSSR count). The van der Waals surface area contributed by atoms with Crippen LogP contribution in [-0.4, -0.2) is 31.4 Å². The minimum atomic E-state index is -0.315. The van der Waals surface area contributed by atoms with E-state index in [0.717, 1.165) is 16.8 Å². The number of carbonyl (C=O) groups excluding carboxylic acids is 2. The van der Waals surface area contributed by atoms with Crippen LogP contribution >= 0.6 is 0 Å². The van der Waals surface area contributed by atoms with Gasteiger partial charge in [-0.3, -0.25) is 14.3 Å². The van der Waals surface area contributed by atoms with Crippen LogP contribution < -0.4 is 11.0 Å². The Morgan fingerprint density at radius 3 is 2.52 bits per heavy atom. The van der Waals surface area contributed by atoms with Gasteiger partial charge in [-0.15, -0.1) is 0 Å². The van der Waals surface area contributed by atoms with Gasteiger partial charge in [-0.1, -0.05) is 0 Å². The highest BCUT2D eigenvalue weighted by atomic mass is 16.2. The Labute approximate surface area is 156 Å². The normalized spacial score (nSPS) is 11.1. The van der Waals surface area contributed by atoms with Gasteiger partial charge in [0.1, 0.15) is 0 Å². The van der Waals surface area contributed by atoms with Gasteiger partial charge in [0.2, 0.25) is 5.91 Å². The molecular formula is C19H23N5O3. The SMILES string of the molecule is CC(=O)c1c(C)nn(CCC(=O)Nc2c(C)c(C)cc3[nH]c(=O)[nH]c23)c1C. The fourth-order valence-electron chi connectivity index (χ4n) is 3.40. The van der Waals surface area contributed by atoms with Gasteiger partial charge in [0.05, 0.1) is 28.0 Å². The zero-order valence-electron chi connectivity index (χ0n) is 16.1. The predicted molar refractivity (Wildman–Crippen MR) is 103 cm³/mol. The number of anilines is 1. The highest BCUT2D eigenvalue weighted by molar-refractivity contribution is 6.01. The van der Waals surface area contributed by atoms with Crippen LogP contribution in [0.1, 0.15) is 46.2 Å². The Balaban J connectivity index is 1.81. The number of H-pyrrole nitrogens is 2. The topological polar surface area (TPSA) is 113 Å². The van der Waals surface area contributed by atoms with Crippen molar-refractivity contribution in [2.24, 2.45) is 0 Å². The Hall–Kier alpha value is -3.16. The lowest BCUT2D eigenvalue weighted by Crippen LogP contribution is -2.17. The summed E-state index contributed by atoms with van der Waals surface area (Å²) in [6.45, 7) is 9.31. The van der Waals surface area contributed by atoms with Gasteiger partial charge < -0.3 is 15.3 Å². The van der Waals surface area contributed by atoms with Gasteiger partial charge in [0, 0.05) is 18.7 Å².